The molecule has 1 unspecified atom stereocenters. The van der Waals surface area contributed by atoms with Gasteiger partial charge in [-0.25, -0.2) is 17.5 Å². The first-order chi connectivity index (χ1) is 15.8. The van der Waals surface area contributed by atoms with Gasteiger partial charge in [0.05, 0.1) is 28.4 Å². The average Bonchev–Trinajstić information content (AvgIpc) is 3.20. The zero-order valence-corrected chi connectivity index (χ0v) is 19.2. The predicted molar refractivity (Wildman–Crippen MR) is 115 cm³/mol. The van der Waals surface area contributed by atoms with Crippen molar-refractivity contribution in [2.24, 2.45) is 0 Å². The second-order valence-electron chi connectivity index (χ2n) is 7.65. The molecule has 1 aliphatic heterocycles. The van der Waals surface area contributed by atoms with Crippen molar-refractivity contribution in [3.63, 3.8) is 0 Å². The summed E-state index contributed by atoms with van der Waals surface area (Å²) >= 11 is 6.06. The van der Waals surface area contributed by atoms with Crippen LogP contribution in [0.25, 0.3) is 0 Å². The van der Waals surface area contributed by atoms with E-state index in [4.69, 9.17) is 16.3 Å². The van der Waals surface area contributed by atoms with E-state index in [-0.39, 0.29) is 22.9 Å². The molecule has 1 fully saturated rings. The van der Waals surface area contributed by atoms with Crippen LogP contribution in [0.3, 0.4) is 0 Å². The smallest absolute Gasteiger partial charge is 0.416 e. The lowest BCUT2D eigenvalue weighted by atomic mass is 10.1. The van der Waals surface area contributed by atoms with Gasteiger partial charge in [0.1, 0.15) is 18.2 Å². The van der Waals surface area contributed by atoms with Crippen LogP contribution in [0, 0.1) is 5.82 Å². The Balaban J connectivity index is 1.69. The van der Waals surface area contributed by atoms with Gasteiger partial charge in [0.25, 0.3) is 11.8 Å². The van der Waals surface area contributed by atoms with Crippen molar-refractivity contribution in [1.82, 2.24) is 9.62 Å². The van der Waals surface area contributed by atoms with E-state index in [0.717, 1.165) is 42.7 Å². The zero-order valence-electron chi connectivity index (χ0n) is 17.7. The Kier molecular flexibility index (Phi) is 7.41. The van der Waals surface area contributed by atoms with Crippen LogP contribution in [-0.2, 0) is 16.2 Å². The van der Waals surface area contributed by atoms with Crippen LogP contribution < -0.4 is 9.46 Å². The van der Waals surface area contributed by atoms with Gasteiger partial charge < -0.3 is 9.64 Å². The van der Waals surface area contributed by atoms with Gasteiger partial charge in [0, 0.05) is 18.2 Å². The highest BCUT2D eigenvalue weighted by Crippen LogP contribution is 2.31. The highest BCUT2D eigenvalue weighted by atomic mass is 35.5. The summed E-state index contributed by atoms with van der Waals surface area (Å²) < 4.78 is 82.2. The van der Waals surface area contributed by atoms with Gasteiger partial charge in [0.15, 0.2) is 0 Å². The molecule has 34 heavy (non-hydrogen) atoms. The molecular weight excluding hydrogens is 504 g/mol. The summed E-state index contributed by atoms with van der Waals surface area (Å²) in [5.41, 5.74) is -1.37. The molecule has 3 rings (SSSR count). The van der Waals surface area contributed by atoms with E-state index in [0.29, 0.717) is 19.4 Å². The molecule has 1 atom stereocenters. The maximum Gasteiger partial charge on any atom is 0.416 e. The fourth-order valence-corrected chi connectivity index (χ4v) is 4.13. The van der Waals surface area contributed by atoms with Crippen molar-refractivity contribution in [1.29, 1.82) is 0 Å². The van der Waals surface area contributed by atoms with E-state index in [1.807, 2.05) is 0 Å². The van der Waals surface area contributed by atoms with Gasteiger partial charge in [-0.3, -0.25) is 9.59 Å². The second kappa shape index (κ2) is 9.79. The molecule has 0 aliphatic carbocycles. The third-order valence-corrected chi connectivity index (χ3v) is 5.92. The lowest BCUT2D eigenvalue weighted by molar-refractivity contribution is -0.137. The second-order valence-corrected chi connectivity index (χ2v) is 9.80. The molecule has 0 bridgehead atoms. The molecule has 1 N–H and O–H groups in total. The molecule has 2 aromatic rings. The minimum Gasteiger partial charge on any atom is -0.490 e. The van der Waals surface area contributed by atoms with Crippen molar-refractivity contribution in [2.45, 2.75) is 25.1 Å². The number of halogens is 5. The topological polar surface area (TPSA) is 92.8 Å². The molecule has 0 saturated carbocycles. The first-order valence-electron chi connectivity index (χ1n) is 9.88. The Morgan fingerprint density at radius 1 is 1.21 bits per heavy atom. The molecular formula is C21H19ClF4N2O5S. The Labute approximate surface area is 197 Å². The van der Waals surface area contributed by atoms with Crippen LogP contribution >= 0.6 is 11.6 Å². The number of benzene rings is 2. The van der Waals surface area contributed by atoms with Crippen LogP contribution in [0.5, 0.6) is 5.75 Å². The summed E-state index contributed by atoms with van der Waals surface area (Å²) in [6, 6.07) is 5.19. The molecule has 0 radical (unpaired) electrons. The minimum absolute atomic E-state index is 0.0829. The first kappa shape index (κ1) is 25.8. The van der Waals surface area contributed by atoms with Gasteiger partial charge in [-0.2, -0.15) is 13.2 Å². The van der Waals surface area contributed by atoms with E-state index < -0.39 is 51.0 Å². The molecule has 2 amide bonds. The SMILES string of the molecule is CS(=O)(=O)NC(=O)c1cc(Cl)c(OCC2CCCN2C(=O)c2ccc(C(F)(F)F)cc2)cc1F. The lowest BCUT2D eigenvalue weighted by Crippen LogP contribution is -2.39. The monoisotopic (exact) mass is 522 g/mol. The van der Waals surface area contributed by atoms with Crippen LogP contribution in [0.2, 0.25) is 5.02 Å². The third kappa shape index (κ3) is 6.17. The Morgan fingerprint density at radius 2 is 1.85 bits per heavy atom. The Bertz CT molecular complexity index is 1200. The van der Waals surface area contributed by atoms with Crippen molar-refractivity contribution in [3.8, 4) is 5.75 Å². The minimum atomic E-state index is -4.51. The lowest BCUT2D eigenvalue weighted by Gasteiger charge is -2.25. The van der Waals surface area contributed by atoms with Gasteiger partial charge >= 0.3 is 6.18 Å². The molecule has 13 heteroatoms. The summed E-state index contributed by atoms with van der Waals surface area (Å²) in [5, 5.41) is -0.154. The fraction of sp³-hybridized carbons (Fsp3) is 0.333. The molecule has 184 valence electrons. The average molecular weight is 523 g/mol. The maximum absolute atomic E-state index is 14.4. The molecule has 1 saturated heterocycles. The number of likely N-dealkylation sites (tertiary alicyclic amines) is 1. The Morgan fingerprint density at radius 3 is 2.44 bits per heavy atom. The van der Waals surface area contributed by atoms with Gasteiger partial charge in [-0.15, -0.1) is 0 Å². The van der Waals surface area contributed by atoms with Crippen LogP contribution in [0.1, 0.15) is 39.1 Å². The molecule has 1 heterocycles. The first-order valence-corrected chi connectivity index (χ1v) is 12.2. The van der Waals surface area contributed by atoms with Crippen molar-refractivity contribution >= 4 is 33.4 Å². The quantitative estimate of drug-likeness (QED) is 0.581. The number of nitrogens with zero attached hydrogens (tertiary/aromatic N) is 1. The van der Waals surface area contributed by atoms with Gasteiger partial charge in [-0.05, 0) is 43.2 Å². The molecule has 1 aliphatic rings. The van der Waals surface area contributed by atoms with Crippen LogP contribution in [0.4, 0.5) is 17.6 Å². The number of sulfonamides is 1. The zero-order chi connectivity index (χ0) is 25.3. The van der Waals surface area contributed by atoms with Gasteiger partial charge in [-0.1, -0.05) is 11.6 Å². The largest absolute Gasteiger partial charge is 0.490 e. The summed E-state index contributed by atoms with van der Waals surface area (Å²) in [6.45, 7) is 0.279. The number of nitrogens with one attached hydrogen (secondary N) is 1. The van der Waals surface area contributed by atoms with E-state index in [2.05, 4.69) is 0 Å². The van der Waals surface area contributed by atoms with Crippen molar-refractivity contribution in [3.05, 3.63) is 63.9 Å². The number of hydrogen-bond donors (Lipinski definition) is 1. The van der Waals surface area contributed by atoms with Crippen molar-refractivity contribution < 1.29 is 40.3 Å². The molecule has 0 spiro atoms. The van der Waals surface area contributed by atoms with Gasteiger partial charge in [0.2, 0.25) is 10.0 Å². The number of ether oxygens (including phenoxy) is 1. The highest BCUT2D eigenvalue weighted by molar-refractivity contribution is 7.89. The normalized spacial score (nSPS) is 16.4. The molecule has 2 aromatic carbocycles. The Hall–Kier alpha value is -2.86. The summed E-state index contributed by atoms with van der Waals surface area (Å²) in [7, 11) is -3.91. The number of hydrogen-bond acceptors (Lipinski definition) is 5. The van der Waals surface area contributed by atoms with E-state index in [1.54, 1.807) is 4.72 Å². The maximum atomic E-state index is 14.4. The fourth-order valence-electron chi connectivity index (χ4n) is 3.47. The summed E-state index contributed by atoms with van der Waals surface area (Å²) in [6.07, 6.45) is -2.60. The number of alkyl halides is 3. The molecule has 7 nitrogen and oxygen atoms in total. The van der Waals surface area contributed by atoms with E-state index >= 15 is 0 Å². The van der Waals surface area contributed by atoms with Crippen LogP contribution in [-0.4, -0.2) is 50.6 Å². The standard InChI is InChI=1S/C21H19ClF4N2O5S/c1-34(31,32)27-19(29)15-9-16(22)18(10-17(15)23)33-11-14-3-2-8-28(14)20(30)12-4-6-13(7-5-12)21(24,25)26/h4-7,9-10,14H,2-3,8,11H2,1H3,(H,27,29). The highest BCUT2D eigenvalue weighted by Gasteiger charge is 2.33. The van der Waals surface area contributed by atoms with E-state index in [9.17, 15) is 35.6 Å². The predicted octanol–water partition coefficient (Wildman–Crippen LogP) is 3.87. The number of carbonyl (C=O) groups excluding carboxylic acids is 2. The molecule has 0 aromatic heterocycles. The summed E-state index contributed by atoms with van der Waals surface area (Å²) in [5.74, 6) is -2.85. The van der Waals surface area contributed by atoms with Crippen LogP contribution in [0.15, 0.2) is 36.4 Å². The number of carbonyl (C=O) groups is 2. The number of amides is 2. The van der Waals surface area contributed by atoms with E-state index in [1.165, 1.54) is 4.90 Å². The van der Waals surface area contributed by atoms with Crippen molar-refractivity contribution in [2.75, 3.05) is 19.4 Å². The summed E-state index contributed by atoms with van der Waals surface area (Å²) in [4.78, 5) is 26.2. The number of rotatable bonds is 6. The third-order valence-electron chi connectivity index (χ3n) is 5.07.